The highest BCUT2D eigenvalue weighted by Crippen LogP contribution is 2.36. The highest BCUT2D eigenvalue weighted by atomic mass is 16.6. The van der Waals surface area contributed by atoms with Crippen LogP contribution in [0.1, 0.15) is 19.4 Å². The van der Waals surface area contributed by atoms with Crippen molar-refractivity contribution >= 4 is 17.8 Å². The molecule has 0 unspecified atom stereocenters. The van der Waals surface area contributed by atoms with Crippen LogP contribution >= 0.6 is 0 Å². The minimum atomic E-state index is -1.25. The van der Waals surface area contributed by atoms with Gasteiger partial charge in [-0.1, -0.05) is 6.07 Å². The first-order valence-corrected chi connectivity index (χ1v) is 7.76. The summed E-state index contributed by atoms with van der Waals surface area (Å²) in [5, 5.41) is 5.23. The minimum Gasteiger partial charge on any atom is -0.486 e. The molecule has 128 valence electrons. The molecule has 2 N–H and O–H groups in total. The van der Waals surface area contributed by atoms with E-state index in [0.717, 1.165) is 4.90 Å². The van der Waals surface area contributed by atoms with Gasteiger partial charge in [-0.25, -0.2) is 4.79 Å². The average Bonchev–Trinajstić information content (AvgIpc) is 2.79. The molecule has 0 bridgehead atoms. The number of nitrogens with zero attached hydrogens (tertiary/aromatic N) is 1. The standard InChI is InChI=1S/C16H19N3O5/c1-3-17-13(20)9-19-14(21)16(2,18-15(19)22)10-4-5-11-12(8-10)24-7-6-23-11/h4-5,8H,3,6-7,9H2,1-2H3,(H,17,20)(H,18,22)/t16-/m1/s1. The fourth-order valence-electron chi connectivity index (χ4n) is 2.79. The van der Waals surface area contributed by atoms with Gasteiger partial charge in [0.15, 0.2) is 11.5 Å². The van der Waals surface area contributed by atoms with Crippen LogP contribution in [0.15, 0.2) is 18.2 Å². The van der Waals surface area contributed by atoms with Gasteiger partial charge in [-0.05, 0) is 31.5 Å². The molecule has 8 heteroatoms. The van der Waals surface area contributed by atoms with Gasteiger partial charge in [-0.15, -0.1) is 0 Å². The van der Waals surface area contributed by atoms with Crippen molar-refractivity contribution in [3.05, 3.63) is 23.8 Å². The number of fused-ring (bicyclic) bond motifs is 1. The van der Waals surface area contributed by atoms with Crippen LogP contribution < -0.4 is 20.1 Å². The van der Waals surface area contributed by atoms with Crippen molar-refractivity contribution < 1.29 is 23.9 Å². The second-order valence-electron chi connectivity index (χ2n) is 5.76. The molecule has 4 amide bonds. The lowest BCUT2D eigenvalue weighted by atomic mass is 9.91. The number of urea groups is 1. The number of hydrogen-bond donors (Lipinski definition) is 2. The third-order valence-corrected chi connectivity index (χ3v) is 4.07. The molecule has 24 heavy (non-hydrogen) atoms. The van der Waals surface area contributed by atoms with Crippen molar-refractivity contribution in [2.45, 2.75) is 19.4 Å². The second kappa shape index (κ2) is 6.03. The summed E-state index contributed by atoms with van der Waals surface area (Å²) in [5.74, 6) is 0.275. The second-order valence-corrected chi connectivity index (χ2v) is 5.76. The highest BCUT2D eigenvalue weighted by Gasteiger charge is 2.49. The first kappa shape index (κ1) is 16.1. The van der Waals surface area contributed by atoms with E-state index in [-0.39, 0.29) is 12.5 Å². The monoisotopic (exact) mass is 333 g/mol. The third kappa shape index (κ3) is 2.64. The molecule has 1 atom stereocenters. The van der Waals surface area contributed by atoms with E-state index < -0.39 is 17.5 Å². The largest absolute Gasteiger partial charge is 0.486 e. The molecule has 3 rings (SSSR count). The molecule has 2 aliphatic heterocycles. The summed E-state index contributed by atoms with van der Waals surface area (Å²) >= 11 is 0. The van der Waals surface area contributed by atoms with E-state index in [2.05, 4.69) is 10.6 Å². The van der Waals surface area contributed by atoms with Crippen molar-refractivity contribution in [1.82, 2.24) is 15.5 Å². The summed E-state index contributed by atoms with van der Waals surface area (Å²) in [4.78, 5) is 37.5. The van der Waals surface area contributed by atoms with E-state index in [9.17, 15) is 14.4 Å². The van der Waals surface area contributed by atoms with Crippen molar-refractivity contribution in [3.8, 4) is 11.5 Å². The van der Waals surface area contributed by atoms with Crippen molar-refractivity contribution in [2.24, 2.45) is 0 Å². The maximum absolute atomic E-state index is 12.7. The lowest BCUT2D eigenvalue weighted by Crippen LogP contribution is -2.43. The van der Waals surface area contributed by atoms with Gasteiger partial charge in [0.25, 0.3) is 5.91 Å². The van der Waals surface area contributed by atoms with Crippen LogP contribution in [0.2, 0.25) is 0 Å². The lowest BCUT2D eigenvalue weighted by Gasteiger charge is -2.25. The van der Waals surface area contributed by atoms with Crippen LogP contribution in [0.5, 0.6) is 11.5 Å². The van der Waals surface area contributed by atoms with Crippen LogP contribution in [0.4, 0.5) is 4.79 Å². The van der Waals surface area contributed by atoms with Crippen LogP contribution in [-0.4, -0.2) is 49.0 Å². The Bertz CT molecular complexity index is 705. The van der Waals surface area contributed by atoms with E-state index in [1.165, 1.54) is 0 Å². The number of imide groups is 1. The fraction of sp³-hybridized carbons (Fsp3) is 0.438. The average molecular weight is 333 g/mol. The van der Waals surface area contributed by atoms with Gasteiger partial charge in [-0.2, -0.15) is 0 Å². The summed E-state index contributed by atoms with van der Waals surface area (Å²) in [6.45, 7) is 4.40. The van der Waals surface area contributed by atoms with Gasteiger partial charge >= 0.3 is 6.03 Å². The van der Waals surface area contributed by atoms with Crippen LogP contribution in [0.25, 0.3) is 0 Å². The topological polar surface area (TPSA) is 97.0 Å². The number of benzene rings is 1. The van der Waals surface area contributed by atoms with Gasteiger partial charge in [0.2, 0.25) is 5.91 Å². The third-order valence-electron chi connectivity index (χ3n) is 4.07. The molecule has 0 aliphatic carbocycles. The molecule has 0 saturated carbocycles. The highest BCUT2D eigenvalue weighted by molar-refractivity contribution is 6.09. The number of ether oxygens (including phenoxy) is 2. The molecule has 2 heterocycles. The van der Waals surface area contributed by atoms with Crippen molar-refractivity contribution in [3.63, 3.8) is 0 Å². The molecule has 1 aromatic rings. The van der Waals surface area contributed by atoms with Crippen LogP contribution in [0.3, 0.4) is 0 Å². The van der Waals surface area contributed by atoms with Crippen molar-refractivity contribution in [1.29, 1.82) is 0 Å². The molecular weight excluding hydrogens is 314 g/mol. The summed E-state index contributed by atoms with van der Waals surface area (Å²) in [6, 6.07) is 4.51. The molecule has 1 aromatic carbocycles. The Morgan fingerprint density at radius 2 is 2.00 bits per heavy atom. The normalized spacial score (nSPS) is 22.3. The van der Waals surface area contributed by atoms with E-state index >= 15 is 0 Å². The molecular formula is C16H19N3O5. The van der Waals surface area contributed by atoms with E-state index in [1.807, 2.05) is 0 Å². The molecule has 0 aromatic heterocycles. The zero-order valence-corrected chi connectivity index (χ0v) is 13.5. The number of nitrogens with one attached hydrogen (secondary N) is 2. The Hall–Kier alpha value is -2.77. The molecule has 0 spiro atoms. The van der Waals surface area contributed by atoms with Crippen LogP contribution in [0, 0.1) is 0 Å². The molecule has 1 saturated heterocycles. The van der Waals surface area contributed by atoms with Gasteiger partial charge in [0.1, 0.15) is 25.3 Å². The Morgan fingerprint density at radius 3 is 2.71 bits per heavy atom. The smallest absolute Gasteiger partial charge is 0.325 e. The lowest BCUT2D eigenvalue weighted by molar-refractivity contribution is -0.134. The number of hydrogen-bond acceptors (Lipinski definition) is 5. The van der Waals surface area contributed by atoms with Crippen molar-refractivity contribution in [2.75, 3.05) is 26.3 Å². The quantitative estimate of drug-likeness (QED) is 0.776. The Balaban J connectivity index is 1.86. The van der Waals surface area contributed by atoms with Crippen LogP contribution in [-0.2, 0) is 15.1 Å². The van der Waals surface area contributed by atoms with E-state index in [4.69, 9.17) is 9.47 Å². The zero-order valence-electron chi connectivity index (χ0n) is 13.5. The maximum Gasteiger partial charge on any atom is 0.325 e. The first-order valence-electron chi connectivity index (χ1n) is 7.76. The molecule has 2 aliphatic rings. The summed E-state index contributed by atoms with van der Waals surface area (Å²) < 4.78 is 11.0. The van der Waals surface area contributed by atoms with Gasteiger partial charge in [0.05, 0.1) is 0 Å². The predicted molar refractivity (Wildman–Crippen MR) is 83.7 cm³/mol. The Kier molecular flexibility index (Phi) is 4.04. The fourth-order valence-corrected chi connectivity index (χ4v) is 2.79. The zero-order chi connectivity index (χ0) is 17.3. The SMILES string of the molecule is CCNC(=O)CN1C(=O)N[C@](C)(c2ccc3c(c2)OCCO3)C1=O. The number of carbonyl (C=O) groups is 3. The molecule has 8 nitrogen and oxygen atoms in total. The number of amides is 4. The van der Waals surface area contributed by atoms with E-state index in [1.54, 1.807) is 32.0 Å². The predicted octanol–water partition coefficient (Wildman–Crippen LogP) is 0.361. The van der Waals surface area contributed by atoms with Gasteiger partial charge < -0.3 is 20.1 Å². The maximum atomic E-state index is 12.7. The summed E-state index contributed by atoms with van der Waals surface area (Å²) in [7, 11) is 0. The van der Waals surface area contributed by atoms with Gasteiger partial charge in [-0.3, -0.25) is 14.5 Å². The van der Waals surface area contributed by atoms with E-state index in [0.29, 0.717) is 36.8 Å². The minimum absolute atomic E-state index is 0.307. The number of rotatable bonds is 4. The molecule has 0 radical (unpaired) electrons. The number of likely N-dealkylation sites (N-methyl/N-ethyl adjacent to an activating group) is 1. The Morgan fingerprint density at radius 1 is 1.29 bits per heavy atom. The summed E-state index contributed by atoms with van der Waals surface area (Å²) in [5.41, 5.74) is -0.678. The Labute approximate surface area is 139 Å². The summed E-state index contributed by atoms with van der Waals surface area (Å²) in [6.07, 6.45) is 0. The number of carbonyl (C=O) groups excluding carboxylic acids is 3. The van der Waals surface area contributed by atoms with Gasteiger partial charge in [0, 0.05) is 6.54 Å². The molecule has 1 fully saturated rings. The first-order chi connectivity index (χ1) is 11.5.